The van der Waals surface area contributed by atoms with Crippen LogP contribution in [0.2, 0.25) is 0 Å². The van der Waals surface area contributed by atoms with Crippen LogP contribution in [0.15, 0.2) is 53.3 Å². The number of aryl methyl sites for hydroxylation is 1. The van der Waals surface area contributed by atoms with Gasteiger partial charge >= 0.3 is 0 Å². The van der Waals surface area contributed by atoms with Crippen LogP contribution in [0, 0.1) is 0 Å². The average molecular weight is 393 g/mol. The maximum absolute atomic E-state index is 12.9. The Kier molecular flexibility index (Phi) is 5.46. The molecule has 1 aromatic heterocycles. The molecule has 3 aromatic rings. The van der Waals surface area contributed by atoms with Gasteiger partial charge in [0, 0.05) is 11.9 Å². The van der Waals surface area contributed by atoms with E-state index in [1.54, 1.807) is 24.3 Å². The predicted molar refractivity (Wildman–Crippen MR) is 110 cm³/mol. The lowest BCUT2D eigenvalue weighted by Crippen LogP contribution is -2.41. The summed E-state index contributed by atoms with van der Waals surface area (Å²) in [7, 11) is 0. The minimum atomic E-state index is -0.339. The largest absolute Gasteiger partial charge is 0.486 e. The quantitative estimate of drug-likeness (QED) is 0.696. The van der Waals surface area contributed by atoms with E-state index in [1.165, 1.54) is 4.68 Å². The molecule has 0 aliphatic carbocycles. The van der Waals surface area contributed by atoms with E-state index in [-0.39, 0.29) is 29.8 Å². The average Bonchev–Trinajstić information content (AvgIpc) is 2.77. The number of nitrogens with zero attached hydrogens (tertiary/aromatic N) is 2. The van der Waals surface area contributed by atoms with Crippen molar-refractivity contribution in [2.45, 2.75) is 32.4 Å². The number of para-hydroxylation sites is 2. The Morgan fingerprint density at radius 3 is 2.66 bits per heavy atom. The van der Waals surface area contributed by atoms with Gasteiger partial charge in [0.15, 0.2) is 17.2 Å². The lowest BCUT2D eigenvalue weighted by Gasteiger charge is -2.26. The summed E-state index contributed by atoms with van der Waals surface area (Å²) < 4.78 is 13.0. The van der Waals surface area contributed by atoms with Crippen molar-refractivity contribution in [3.63, 3.8) is 0 Å². The van der Waals surface area contributed by atoms with Gasteiger partial charge in [-0.05, 0) is 24.6 Å². The predicted octanol–water partition coefficient (Wildman–Crippen LogP) is 2.77. The second-order valence-electron chi connectivity index (χ2n) is 6.98. The summed E-state index contributed by atoms with van der Waals surface area (Å²) in [6, 6.07) is 14.5. The molecule has 150 valence electrons. The van der Waals surface area contributed by atoms with Gasteiger partial charge in [0.2, 0.25) is 0 Å². The molecule has 7 heteroatoms. The van der Waals surface area contributed by atoms with Gasteiger partial charge in [-0.2, -0.15) is 5.10 Å². The van der Waals surface area contributed by atoms with Crippen molar-refractivity contribution >= 4 is 16.7 Å². The molecular weight excluding hydrogens is 370 g/mol. The number of aromatic nitrogens is 2. The highest BCUT2D eigenvalue weighted by Gasteiger charge is 2.23. The highest BCUT2D eigenvalue weighted by atomic mass is 16.6. The summed E-state index contributed by atoms with van der Waals surface area (Å²) in [6.45, 7) is 3.15. The van der Waals surface area contributed by atoms with E-state index in [2.05, 4.69) is 10.4 Å². The summed E-state index contributed by atoms with van der Waals surface area (Å²) in [5, 5.41) is 8.28. The third-order valence-electron chi connectivity index (χ3n) is 4.86. The highest BCUT2D eigenvalue weighted by molar-refractivity contribution is 6.04. The topological polar surface area (TPSA) is 82.5 Å². The van der Waals surface area contributed by atoms with Crippen molar-refractivity contribution in [3.05, 3.63) is 64.6 Å². The number of rotatable bonds is 6. The maximum Gasteiger partial charge on any atom is 0.274 e. The van der Waals surface area contributed by atoms with Crippen LogP contribution in [0.3, 0.4) is 0 Å². The third-order valence-corrected chi connectivity index (χ3v) is 4.86. The van der Waals surface area contributed by atoms with E-state index < -0.39 is 0 Å². The van der Waals surface area contributed by atoms with Crippen molar-refractivity contribution in [3.8, 4) is 11.5 Å². The minimum absolute atomic E-state index is 0.175. The van der Waals surface area contributed by atoms with Crippen molar-refractivity contribution in [2.75, 3.05) is 13.2 Å². The Bertz CT molecular complexity index is 1090. The summed E-state index contributed by atoms with van der Waals surface area (Å²) in [4.78, 5) is 25.6. The molecule has 1 aliphatic heterocycles. The molecule has 29 heavy (non-hydrogen) atoms. The summed E-state index contributed by atoms with van der Waals surface area (Å²) in [6.07, 6.45) is 1.45. The molecule has 0 saturated heterocycles. The van der Waals surface area contributed by atoms with Gasteiger partial charge in [-0.15, -0.1) is 0 Å². The number of hydrogen-bond donors (Lipinski definition) is 1. The zero-order chi connectivity index (χ0) is 20.2. The smallest absolute Gasteiger partial charge is 0.274 e. The first-order valence-electron chi connectivity index (χ1n) is 9.84. The number of carbonyl (C=O) groups excluding carboxylic acids is 1. The number of benzene rings is 2. The van der Waals surface area contributed by atoms with Crippen LogP contribution >= 0.6 is 0 Å². The van der Waals surface area contributed by atoms with E-state index in [4.69, 9.17) is 9.47 Å². The van der Waals surface area contributed by atoms with Gasteiger partial charge in [-0.1, -0.05) is 43.7 Å². The van der Waals surface area contributed by atoms with Crippen molar-refractivity contribution in [2.24, 2.45) is 0 Å². The Labute approximate surface area is 168 Å². The molecule has 0 bridgehead atoms. The maximum atomic E-state index is 12.9. The molecule has 0 fully saturated rings. The van der Waals surface area contributed by atoms with Gasteiger partial charge in [0.25, 0.3) is 11.5 Å². The number of hydrogen-bond acceptors (Lipinski definition) is 5. The molecule has 0 saturated carbocycles. The second-order valence-corrected chi connectivity index (χ2v) is 6.98. The van der Waals surface area contributed by atoms with Gasteiger partial charge in [0.1, 0.15) is 12.7 Å². The van der Waals surface area contributed by atoms with Gasteiger partial charge in [0.05, 0.1) is 11.9 Å². The first kappa shape index (κ1) is 19.0. The molecule has 1 aliphatic rings. The molecule has 0 unspecified atom stereocenters. The molecule has 2 heterocycles. The molecule has 1 N–H and O–H groups in total. The summed E-state index contributed by atoms with van der Waals surface area (Å²) >= 11 is 0. The number of fused-ring (bicyclic) bond motifs is 2. The summed E-state index contributed by atoms with van der Waals surface area (Å²) in [5.41, 5.74) is 0.0691. The number of ether oxygens (including phenoxy) is 2. The molecule has 4 rings (SSSR count). The van der Waals surface area contributed by atoms with Crippen LogP contribution in [0.4, 0.5) is 0 Å². The number of nitrogens with one attached hydrogen (secondary N) is 1. The van der Waals surface area contributed by atoms with Crippen molar-refractivity contribution in [1.29, 1.82) is 0 Å². The van der Waals surface area contributed by atoms with E-state index >= 15 is 0 Å². The van der Waals surface area contributed by atoms with Crippen LogP contribution < -0.4 is 20.3 Å². The lowest BCUT2D eigenvalue weighted by atomic mass is 10.1. The van der Waals surface area contributed by atoms with Crippen LogP contribution in [-0.4, -0.2) is 34.9 Å². The fraction of sp³-hybridized carbons (Fsp3) is 0.318. The van der Waals surface area contributed by atoms with Crippen molar-refractivity contribution in [1.82, 2.24) is 15.1 Å². The Morgan fingerprint density at radius 2 is 1.86 bits per heavy atom. The molecule has 2 aromatic carbocycles. The molecule has 7 nitrogen and oxygen atoms in total. The molecule has 0 radical (unpaired) electrons. The van der Waals surface area contributed by atoms with E-state index in [1.807, 2.05) is 31.2 Å². The Balaban J connectivity index is 1.54. The van der Waals surface area contributed by atoms with Crippen LogP contribution in [-0.2, 0) is 6.54 Å². The Morgan fingerprint density at radius 1 is 1.14 bits per heavy atom. The van der Waals surface area contributed by atoms with E-state index in [9.17, 15) is 9.59 Å². The Hall–Kier alpha value is -3.35. The van der Waals surface area contributed by atoms with Gasteiger partial charge in [-0.25, -0.2) is 4.68 Å². The first-order valence-corrected chi connectivity index (χ1v) is 9.84. The van der Waals surface area contributed by atoms with Crippen LogP contribution in [0.5, 0.6) is 11.5 Å². The molecule has 1 amide bonds. The molecular formula is C22H23N3O4. The second kappa shape index (κ2) is 8.34. The SMILES string of the molecule is CCCCn1nc(C(=O)NC[C@H]2COc3ccccc3O2)c2ccccc2c1=O. The fourth-order valence-corrected chi connectivity index (χ4v) is 3.32. The summed E-state index contributed by atoms with van der Waals surface area (Å²) in [5.74, 6) is 1.02. The van der Waals surface area contributed by atoms with E-state index in [0.717, 1.165) is 12.8 Å². The van der Waals surface area contributed by atoms with Gasteiger partial charge < -0.3 is 14.8 Å². The standard InChI is InChI=1S/C22H23N3O4/c1-2-3-12-25-22(27)17-9-5-4-8-16(17)20(24-25)21(26)23-13-15-14-28-18-10-6-7-11-19(18)29-15/h4-11,15H,2-3,12-14H2,1H3,(H,23,26)/t15-/m0/s1. The van der Waals surface area contributed by atoms with E-state index in [0.29, 0.717) is 35.4 Å². The zero-order valence-corrected chi connectivity index (χ0v) is 16.3. The first-order chi connectivity index (χ1) is 14.2. The minimum Gasteiger partial charge on any atom is -0.486 e. The van der Waals surface area contributed by atoms with Crippen LogP contribution in [0.25, 0.3) is 10.8 Å². The van der Waals surface area contributed by atoms with Crippen LogP contribution in [0.1, 0.15) is 30.3 Å². The highest BCUT2D eigenvalue weighted by Crippen LogP contribution is 2.30. The van der Waals surface area contributed by atoms with Crippen molar-refractivity contribution < 1.29 is 14.3 Å². The normalized spacial score (nSPS) is 15.3. The third kappa shape index (κ3) is 3.94. The zero-order valence-electron chi connectivity index (χ0n) is 16.3. The number of unbranched alkanes of at least 4 members (excludes halogenated alkanes) is 1. The lowest BCUT2D eigenvalue weighted by molar-refractivity contribution is 0.0786. The number of carbonyl (C=O) groups is 1. The number of amides is 1. The fourth-order valence-electron chi connectivity index (χ4n) is 3.32. The molecule has 0 spiro atoms. The van der Waals surface area contributed by atoms with Gasteiger partial charge in [-0.3, -0.25) is 9.59 Å². The monoisotopic (exact) mass is 393 g/mol. The molecule has 1 atom stereocenters.